The highest BCUT2D eigenvalue weighted by molar-refractivity contribution is 6.08. The van der Waals surface area contributed by atoms with Crippen molar-refractivity contribution in [3.63, 3.8) is 0 Å². The standard InChI is InChI=1S/C27H18N4/c1-2-10-20(11-3-1)18-19-27(31-26-17-9-6-14-23(26)28-29-31)30-24-15-7-4-12-21(24)22-13-5-8-16-25(22)30/h1-17,27H. The first-order chi connectivity index (χ1) is 15.4. The third kappa shape index (κ3) is 2.87. The van der Waals surface area contributed by atoms with Gasteiger partial charge < -0.3 is 4.57 Å². The van der Waals surface area contributed by atoms with Crippen molar-refractivity contribution >= 4 is 32.8 Å². The van der Waals surface area contributed by atoms with E-state index in [9.17, 15) is 0 Å². The number of hydrogen-bond acceptors (Lipinski definition) is 2. The van der Waals surface area contributed by atoms with Crippen molar-refractivity contribution in [1.29, 1.82) is 0 Å². The van der Waals surface area contributed by atoms with Gasteiger partial charge in [0.25, 0.3) is 0 Å². The number of benzene rings is 4. The minimum absolute atomic E-state index is 0.350. The fraction of sp³-hybridized carbons (Fsp3) is 0.0370. The van der Waals surface area contributed by atoms with E-state index < -0.39 is 0 Å². The highest BCUT2D eigenvalue weighted by atomic mass is 15.5. The molecule has 0 radical (unpaired) electrons. The normalized spacial score (nSPS) is 12.1. The van der Waals surface area contributed by atoms with Crippen LogP contribution in [0, 0.1) is 11.8 Å². The highest BCUT2D eigenvalue weighted by Gasteiger charge is 2.20. The van der Waals surface area contributed by atoms with Crippen molar-refractivity contribution < 1.29 is 0 Å². The Morgan fingerprint density at radius 3 is 1.90 bits per heavy atom. The second kappa shape index (κ2) is 7.16. The lowest BCUT2D eigenvalue weighted by atomic mass is 10.2. The summed E-state index contributed by atoms with van der Waals surface area (Å²) >= 11 is 0. The molecular formula is C27H18N4. The molecule has 0 saturated heterocycles. The number of rotatable bonds is 2. The third-order valence-corrected chi connectivity index (χ3v) is 5.59. The van der Waals surface area contributed by atoms with Crippen LogP contribution in [0.5, 0.6) is 0 Å². The molecule has 1 unspecified atom stereocenters. The predicted molar refractivity (Wildman–Crippen MR) is 125 cm³/mol. The fourth-order valence-electron chi connectivity index (χ4n) is 4.19. The summed E-state index contributed by atoms with van der Waals surface area (Å²) in [6, 6.07) is 35.0. The topological polar surface area (TPSA) is 35.6 Å². The van der Waals surface area contributed by atoms with Crippen molar-refractivity contribution in [3.05, 3.63) is 109 Å². The van der Waals surface area contributed by atoms with Crippen molar-refractivity contribution in [1.82, 2.24) is 19.6 Å². The van der Waals surface area contributed by atoms with Gasteiger partial charge in [0.2, 0.25) is 0 Å². The van der Waals surface area contributed by atoms with E-state index in [1.807, 2.05) is 59.3 Å². The summed E-state index contributed by atoms with van der Waals surface area (Å²) in [5.74, 6) is 6.85. The monoisotopic (exact) mass is 398 g/mol. The third-order valence-electron chi connectivity index (χ3n) is 5.59. The molecular weight excluding hydrogens is 380 g/mol. The zero-order chi connectivity index (χ0) is 20.6. The van der Waals surface area contributed by atoms with E-state index in [-0.39, 0.29) is 6.17 Å². The van der Waals surface area contributed by atoms with Crippen LogP contribution in [0.15, 0.2) is 103 Å². The molecule has 6 aromatic rings. The molecule has 0 amide bonds. The van der Waals surface area contributed by atoms with E-state index >= 15 is 0 Å². The van der Waals surface area contributed by atoms with E-state index in [1.54, 1.807) is 0 Å². The number of para-hydroxylation sites is 3. The lowest BCUT2D eigenvalue weighted by molar-refractivity contribution is 0.508. The summed E-state index contributed by atoms with van der Waals surface area (Å²) < 4.78 is 4.19. The van der Waals surface area contributed by atoms with Crippen LogP contribution in [0.4, 0.5) is 0 Å². The summed E-state index contributed by atoms with van der Waals surface area (Å²) in [6.45, 7) is 0. The number of aromatic nitrogens is 4. The van der Waals surface area contributed by atoms with E-state index in [1.165, 1.54) is 10.8 Å². The molecule has 1 atom stereocenters. The first kappa shape index (κ1) is 17.5. The molecule has 0 aliphatic rings. The Bertz CT molecular complexity index is 1540. The second-order valence-electron chi connectivity index (χ2n) is 7.44. The van der Waals surface area contributed by atoms with Crippen LogP contribution in [-0.4, -0.2) is 19.6 Å². The molecule has 4 aromatic carbocycles. The van der Waals surface area contributed by atoms with Crippen LogP contribution in [0.25, 0.3) is 32.8 Å². The van der Waals surface area contributed by atoms with Gasteiger partial charge in [0.05, 0.1) is 16.6 Å². The zero-order valence-corrected chi connectivity index (χ0v) is 16.7. The Morgan fingerprint density at radius 1 is 0.613 bits per heavy atom. The first-order valence-corrected chi connectivity index (χ1v) is 10.2. The van der Waals surface area contributed by atoms with Crippen LogP contribution in [-0.2, 0) is 0 Å². The van der Waals surface area contributed by atoms with Crippen LogP contribution in [0.1, 0.15) is 11.7 Å². The maximum absolute atomic E-state index is 4.52. The number of nitrogens with zero attached hydrogens (tertiary/aromatic N) is 4. The van der Waals surface area contributed by atoms with E-state index in [0.29, 0.717) is 0 Å². The van der Waals surface area contributed by atoms with Gasteiger partial charge in [0.1, 0.15) is 5.52 Å². The summed E-state index contributed by atoms with van der Waals surface area (Å²) in [6.07, 6.45) is -0.350. The van der Waals surface area contributed by atoms with Gasteiger partial charge in [0.15, 0.2) is 6.17 Å². The molecule has 0 spiro atoms. The van der Waals surface area contributed by atoms with Crippen molar-refractivity contribution in [2.24, 2.45) is 0 Å². The first-order valence-electron chi connectivity index (χ1n) is 10.2. The molecule has 0 fully saturated rings. The molecule has 0 N–H and O–H groups in total. The highest BCUT2D eigenvalue weighted by Crippen LogP contribution is 2.32. The van der Waals surface area contributed by atoms with Gasteiger partial charge in [-0.15, -0.1) is 5.10 Å². The summed E-state index contributed by atoms with van der Waals surface area (Å²) in [5, 5.41) is 11.3. The Labute approximate surface area is 179 Å². The summed E-state index contributed by atoms with van der Waals surface area (Å²) in [7, 11) is 0. The van der Waals surface area contributed by atoms with Crippen molar-refractivity contribution in [2.45, 2.75) is 6.17 Å². The quantitative estimate of drug-likeness (QED) is 0.354. The Hall–Kier alpha value is -4.36. The molecule has 0 saturated carbocycles. The molecule has 0 aliphatic carbocycles. The minimum atomic E-state index is -0.350. The Kier molecular flexibility index (Phi) is 4.04. The molecule has 31 heavy (non-hydrogen) atoms. The zero-order valence-electron chi connectivity index (χ0n) is 16.7. The summed E-state index contributed by atoms with van der Waals surface area (Å²) in [5.41, 5.74) is 5.02. The van der Waals surface area contributed by atoms with Gasteiger partial charge in [-0.2, -0.15) is 0 Å². The van der Waals surface area contributed by atoms with E-state index in [2.05, 4.69) is 75.3 Å². The van der Waals surface area contributed by atoms with Crippen molar-refractivity contribution in [2.75, 3.05) is 0 Å². The van der Waals surface area contributed by atoms with Gasteiger partial charge >= 0.3 is 0 Å². The smallest absolute Gasteiger partial charge is 0.192 e. The number of fused-ring (bicyclic) bond motifs is 4. The maximum atomic E-state index is 4.52. The average Bonchev–Trinajstić information content (AvgIpc) is 3.41. The van der Waals surface area contributed by atoms with Crippen LogP contribution in [0.2, 0.25) is 0 Å². The number of hydrogen-bond donors (Lipinski definition) is 0. The van der Waals surface area contributed by atoms with Crippen molar-refractivity contribution in [3.8, 4) is 11.8 Å². The van der Waals surface area contributed by atoms with Gasteiger partial charge in [-0.3, -0.25) is 0 Å². The SMILES string of the molecule is C(#CC(n1nnc2ccccc21)n1c2ccccc2c2ccccc21)c1ccccc1. The largest absolute Gasteiger partial charge is 0.307 e. The maximum Gasteiger partial charge on any atom is 0.192 e. The molecule has 4 heteroatoms. The minimum Gasteiger partial charge on any atom is -0.307 e. The second-order valence-corrected chi connectivity index (χ2v) is 7.44. The average molecular weight is 398 g/mol. The molecule has 4 nitrogen and oxygen atoms in total. The lowest BCUT2D eigenvalue weighted by Gasteiger charge is -2.17. The van der Waals surface area contributed by atoms with Gasteiger partial charge in [-0.05, 0) is 42.3 Å². The molecule has 2 aromatic heterocycles. The molecule has 0 bridgehead atoms. The van der Waals surface area contributed by atoms with Gasteiger partial charge in [-0.25, -0.2) is 4.68 Å². The summed E-state index contributed by atoms with van der Waals surface area (Å²) in [4.78, 5) is 0. The molecule has 0 aliphatic heterocycles. The predicted octanol–water partition coefficient (Wildman–Crippen LogP) is 5.64. The van der Waals surface area contributed by atoms with Crippen LogP contribution >= 0.6 is 0 Å². The fourth-order valence-corrected chi connectivity index (χ4v) is 4.19. The van der Waals surface area contributed by atoms with Crippen LogP contribution < -0.4 is 0 Å². The Balaban J connectivity index is 1.68. The lowest BCUT2D eigenvalue weighted by Crippen LogP contribution is -2.18. The van der Waals surface area contributed by atoms with Crippen LogP contribution in [0.3, 0.4) is 0 Å². The van der Waals surface area contributed by atoms with Gasteiger partial charge in [0, 0.05) is 16.3 Å². The molecule has 146 valence electrons. The van der Waals surface area contributed by atoms with E-state index in [0.717, 1.165) is 27.6 Å². The molecule has 6 rings (SSSR count). The van der Waals surface area contributed by atoms with Gasteiger partial charge in [-0.1, -0.05) is 77.9 Å². The molecule has 2 heterocycles. The van der Waals surface area contributed by atoms with E-state index in [4.69, 9.17) is 0 Å². The Morgan fingerprint density at radius 2 is 1.19 bits per heavy atom.